The molecule has 0 unspecified atom stereocenters. The van der Waals surface area contributed by atoms with E-state index in [-0.39, 0.29) is 11.4 Å². The Morgan fingerprint density at radius 2 is 2.09 bits per heavy atom. The number of urea groups is 1. The van der Waals surface area contributed by atoms with Crippen molar-refractivity contribution in [2.24, 2.45) is 5.41 Å². The second-order valence-corrected chi connectivity index (χ2v) is 8.17. The number of hydrogen-bond donors (Lipinski definition) is 2. The van der Waals surface area contributed by atoms with Crippen LogP contribution in [-0.2, 0) is 16.0 Å². The van der Waals surface area contributed by atoms with Gasteiger partial charge in [0.15, 0.2) is 5.82 Å². The summed E-state index contributed by atoms with van der Waals surface area (Å²) in [5, 5.41) is 10.6. The second kappa shape index (κ2) is 8.56. The molecule has 0 atom stereocenters. The van der Waals surface area contributed by atoms with E-state index < -0.39 is 0 Å². The van der Waals surface area contributed by atoms with Crippen molar-refractivity contribution in [1.82, 2.24) is 25.1 Å². The molecule has 0 aliphatic carbocycles. The van der Waals surface area contributed by atoms with Crippen molar-refractivity contribution in [1.29, 1.82) is 0 Å². The number of aromatic nitrogens is 4. The van der Waals surface area contributed by atoms with Crippen molar-refractivity contribution in [3.8, 4) is 11.4 Å². The molecule has 0 bridgehead atoms. The minimum Gasteiger partial charge on any atom is -0.384 e. The van der Waals surface area contributed by atoms with E-state index in [1.807, 2.05) is 41.2 Å². The fourth-order valence-electron chi connectivity index (χ4n) is 4.00. The fourth-order valence-corrected chi connectivity index (χ4v) is 4.00. The minimum atomic E-state index is -0.0706. The van der Waals surface area contributed by atoms with Crippen LogP contribution in [0.25, 0.3) is 11.4 Å². The van der Waals surface area contributed by atoms with E-state index in [2.05, 4.69) is 25.7 Å². The quantitative estimate of drug-likeness (QED) is 0.559. The highest BCUT2D eigenvalue weighted by molar-refractivity contribution is 5.94. The largest absolute Gasteiger partial charge is 0.384 e. The molecule has 5 rings (SSSR count). The average molecular weight is 435 g/mol. The summed E-state index contributed by atoms with van der Waals surface area (Å²) in [7, 11) is 1.71. The number of nitrogens with zero attached hydrogens (tertiary/aromatic N) is 5. The molecule has 2 N–H and O–H groups in total. The number of carbonyl (C=O) groups excluding carboxylic acids is 1. The molecule has 3 aromatic rings. The van der Waals surface area contributed by atoms with Crippen LogP contribution in [0.3, 0.4) is 0 Å². The van der Waals surface area contributed by atoms with Gasteiger partial charge in [0.1, 0.15) is 5.82 Å². The van der Waals surface area contributed by atoms with E-state index >= 15 is 0 Å². The Balaban J connectivity index is 1.27. The van der Waals surface area contributed by atoms with Crippen molar-refractivity contribution in [2.75, 3.05) is 50.2 Å². The average Bonchev–Trinajstić information content (AvgIpc) is 3.41. The SMILES string of the molecule is COCC1(Cn2cc(Nc3ccnc(-c4ccc(N5CCNC5=O)cc4)n3)cn2)COC1. The molecule has 4 heterocycles. The zero-order chi connectivity index (χ0) is 22.0. The summed E-state index contributed by atoms with van der Waals surface area (Å²) >= 11 is 0. The number of amides is 2. The number of rotatable bonds is 8. The Hall–Kier alpha value is -3.50. The fraction of sp³-hybridized carbons (Fsp3) is 0.364. The van der Waals surface area contributed by atoms with Crippen LogP contribution in [0.4, 0.5) is 22.0 Å². The standard InChI is InChI=1S/C22H25N7O3/c1-31-13-22(14-32-15-22)12-28-11-17(10-25-28)26-19-6-7-23-20(27-19)16-2-4-18(5-3-16)29-9-8-24-21(29)30/h2-7,10-11H,8-9,12-15H2,1H3,(H,24,30)(H,23,26,27). The van der Waals surface area contributed by atoms with E-state index in [4.69, 9.17) is 9.47 Å². The molecule has 2 amide bonds. The third-order valence-corrected chi connectivity index (χ3v) is 5.62. The number of anilines is 3. The number of nitrogens with one attached hydrogen (secondary N) is 2. The van der Waals surface area contributed by atoms with Gasteiger partial charge in [-0.05, 0) is 30.3 Å². The molecule has 0 saturated carbocycles. The molecular weight excluding hydrogens is 410 g/mol. The molecule has 2 saturated heterocycles. The maximum atomic E-state index is 11.8. The van der Waals surface area contributed by atoms with Crippen molar-refractivity contribution in [3.05, 3.63) is 48.9 Å². The zero-order valence-corrected chi connectivity index (χ0v) is 17.8. The van der Waals surface area contributed by atoms with Crippen LogP contribution in [0.15, 0.2) is 48.9 Å². The van der Waals surface area contributed by atoms with E-state index in [0.717, 1.165) is 23.5 Å². The second-order valence-electron chi connectivity index (χ2n) is 8.17. The Labute approximate surface area is 185 Å². The minimum absolute atomic E-state index is 0.0119. The number of hydrogen-bond acceptors (Lipinski definition) is 7. The highest BCUT2D eigenvalue weighted by Gasteiger charge is 2.39. The van der Waals surface area contributed by atoms with Gasteiger partial charge < -0.3 is 20.1 Å². The van der Waals surface area contributed by atoms with Crippen molar-refractivity contribution in [3.63, 3.8) is 0 Å². The van der Waals surface area contributed by atoms with E-state index in [1.165, 1.54) is 0 Å². The third kappa shape index (κ3) is 4.14. The van der Waals surface area contributed by atoms with Gasteiger partial charge in [-0.3, -0.25) is 9.58 Å². The van der Waals surface area contributed by atoms with Crippen molar-refractivity contribution in [2.45, 2.75) is 6.54 Å². The normalized spacial score (nSPS) is 17.2. The lowest BCUT2D eigenvalue weighted by Crippen LogP contribution is -2.49. The predicted octanol–water partition coefficient (Wildman–Crippen LogP) is 2.28. The highest BCUT2D eigenvalue weighted by Crippen LogP contribution is 2.30. The maximum absolute atomic E-state index is 11.8. The predicted molar refractivity (Wildman–Crippen MR) is 119 cm³/mol. The van der Waals surface area contributed by atoms with Gasteiger partial charge in [-0.2, -0.15) is 5.10 Å². The molecule has 2 aliphatic heterocycles. The molecule has 2 aliphatic rings. The molecule has 2 aromatic heterocycles. The van der Waals surface area contributed by atoms with Crippen LogP contribution in [0.2, 0.25) is 0 Å². The summed E-state index contributed by atoms with van der Waals surface area (Å²) in [6, 6.07) is 9.41. The highest BCUT2D eigenvalue weighted by atomic mass is 16.5. The first kappa shape index (κ1) is 20.4. The summed E-state index contributed by atoms with van der Waals surface area (Å²) in [5.41, 5.74) is 2.56. The maximum Gasteiger partial charge on any atom is 0.321 e. The Kier molecular flexibility index (Phi) is 5.46. The lowest BCUT2D eigenvalue weighted by atomic mass is 9.87. The van der Waals surface area contributed by atoms with E-state index in [0.29, 0.717) is 44.6 Å². The number of carbonyl (C=O) groups is 1. The van der Waals surface area contributed by atoms with Gasteiger partial charge in [0.25, 0.3) is 0 Å². The number of ether oxygens (including phenoxy) is 2. The van der Waals surface area contributed by atoms with Gasteiger partial charge in [0, 0.05) is 43.8 Å². The van der Waals surface area contributed by atoms with Crippen molar-refractivity contribution < 1.29 is 14.3 Å². The van der Waals surface area contributed by atoms with Gasteiger partial charge >= 0.3 is 6.03 Å². The lowest BCUT2D eigenvalue weighted by molar-refractivity contribution is -0.152. The Morgan fingerprint density at radius 1 is 1.25 bits per heavy atom. The summed E-state index contributed by atoms with van der Waals surface area (Å²) in [6.07, 6.45) is 5.45. The Morgan fingerprint density at radius 3 is 2.78 bits per heavy atom. The monoisotopic (exact) mass is 435 g/mol. The summed E-state index contributed by atoms with van der Waals surface area (Å²) in [4.78, 5) is 22.6. The molecular formula is C22H25N7O3. The molecule has 1 aromatic carbocycles. The van der Waals surface area contributed by atoms with Crippen LogP contribution >= 0.6 is 0 Å². The van der Waals surface area contributed by atoms with Gasteiger partial charge in [0.2, 0.25) is 0 Å². The molecule has 0 spiro atoms. The van der Waals surface area contributed by atoms with Crippen LogP contribution in [0, 0.1) is 5.41 Å². The summed E-state index contributed by atoms with van der Waals surface area (Å²) < 4.78 is 12.6. The summed E-state index contributed by atoms with van der Waals surface area (Å²) in [6.45, 7) is 4.07. The lowest BCUT2D eigenvalue weighted by Gasteiger charge is -2.40. The van der Waals surface area contributed by atoms with E-state index in [9.17, 15) is 4.79 Å². The van der Waals surface area contributed by atoms with Crippen LogP contribution < -0.4 is 15.5 Å². The topological polar surface area (TPSA) is 106 Å². The number of benzene rings is 1. The van der Waals surface area contributed by atoms with Crippen LogP contribution in [0.1, 0.15) is 0 Å². The smallest absolute Gasteiger partial charge is 0.321 e. The molecule has 32 heavy (non-hydrogen) atoms. The molecule has 0 radical (unpaired) electrons. The van der Waals surface area contributed by atoms with Gasteiger partial charge in [-0.15, -0.1) is 0 Å². The third-order valence-electron chi connectivity index (χ3n) is 5.62. The number of methoxy groups -OCH3 is 1. The van der Waals surface area contributed by atoms with Gasteiger partial charge in [0.05, 0.1) is 43.7 Å². The first-order chi connectivity index (χ1) is 15.6. The van der Waals surface area contributed by atoms with Gasteiger partial charge in [-0.25, -0.2) is 14.8 Å². The Bertz CT molecular complexity index is 1090. The molecule has 10 nitrogen and oxygen atoms in total. The molecule has 10 heteroatoms. The van der Waals surface area contributed by atoms with Crippen LogP contribution in [0.5, 0.6) is 0 Å². The van der Waals surface area contributed by atoms with Gasteiger partial charge in [-0.1, -0.05) is 0 Å². The summed E-state index contributed by atoms with van der Waals surface area (Å²) in [5.74, 6) is 1.28. The molecule has 2 fully saturated rings. The zero-order valence-electron chi connectivity index (χ0n) is 17.8. The van der Waals surface area contributed by atoms with E-state index in [1.54, 1.807) is 24.4 Å². The van der Waals surface area contributed by atoms with Crippen molar-refractivity contribution >= 4 is 23.2 Å². The van der Waals surface area contributed by atoms with Crippen LogP contribution in [-0.4, -0.2) is 65.8 Å². The molecule has 166 valence electrons. The first-order valence-electron chi connectivity index (χ1n) is 10.5. The first-order valence-corrected chi connectivity index (χ1v) is 10.5.